The van der Waals surface area contributed by atoms with E-state index in [1.165, 1.54) is 12.1 Å². The van der Waals surface area contributed by atoms with Crippen LogP contribution >= 0.6 is 0 Å². The Morgan fingerprint density at radius 2 is 1.85 bits per heavy atom. The molecule has 26 heavy (non-hydrogen) atoms. The Hall–Kier alpha value is -3.28. The third kappa shape index (κ3) is 3.85. The first-order valence-electron chi connectivity index (χ1n) is 8.14. The number of rotatable bonds is 4. The van der Waals surface area contributed by atoms with Crippen LogP contribution in [0.15, 0.2) is 59.4 Å². The molecule has 5 nitrogen and oxygen atoms in total. The molecule has 0 spiro atoms. The Kier molecular flexibility index (Phi) is 4.93. The molecule has 3 aromatic rings. The van der Waals surface area contributed by atoms with E-state index < -0.39 is 11.7 Å². The summed E-state index contributed by atoms with van der Waals surface area (Å²) < 4.78 is 14.7. The number of carbonyl (C=O) groups excluding carboxylic acids is 1. The molecular formula is C20H18FN3O2. The molecule has 6 heteroatoms. The minimum Gasteiger partial charge on any atom is -0.324 e. The molecule has 0 aliphatic heterocycles. The topological polar surface area (TPSA) is 64.0 Å². The van der Waals surface area contributed by atoms with Gasteiger partial charge in [0, 0.05) is 17.3 Å². The average Bonchev–Trinajstić information content (AvgIpc) is 2.61. The molecule has 0 fully saturated rings. The van der Waals surface area contributed by atoms with Crippen molar-refractivity contribution in [2.24, 2.45) is 0 Å². The van der Waals surface area contributed by atoms with Crippen molar-refractivity contribution in [3.8, 4) is 11.3 Å². The van der Waals surface area contributed by atoms with Gasteiger partial charge in [-0.3, -0.25) is 9.59 Å². The Morgan fingerprint density at radius 1 is 1.08 bits per heavy atom. The van der Waals surface area contributed by atoms with Crippen molar-refractivity contribution >= 4 is 11.6 Å². The highest BCUT2D eigenvalue weighted by atomic mass is 19.1. The molecule has 3 rings (SSSR count). The van der Waals surface area contributed by atoms with Crippen LogP contribution in [0.25, 0.3) is 11.3 Å². The molecule has 0 saturated heterocycles. The minimum atomic E-state index is -0.454. The van der Waals surface area contributed by atoms with Crippen LogP contribution in [0.2, 0.25) is 0 Å². The summed E-state index contributed by atoms with van der Waals surface area (Å²) in [5, 5.41) is 6.86. The molecule has 132 valence electrons. The Morgan fingerprint density at radius 3 is 2.58 bits per heavy atom. The summed E-state index contributed by atoms with van der Waals surface area (Å²) in [5.41, 5.74) is 2.96. The van der Waals surface area contributed by atoms with Crippen LogP contribution in [0.5, 0.6) is 0 Å². The summed E-state index contributed by atoms with van der Waals surface area (Å²) >= 11 is 0. The van der Waals surface area contributed by atoms with Crippen molar-refractivity contribution < 1.29 is 9.18 Å². The molecule has 2 aromatic carbocycles. The van der Waals surface area contributed by atoms with Crippen molar-refractivity contribution in [1.82, 2.24) is 9.78 Å². The number of carbonyl (C=O) groups is 1. The second kappa shape index (κ2) is 7.31. The van der Waals surface area contributed by atoms with Gasteiger partial charge in [0.15, 0.2) is 0 Å². The van der Waals surface area contributed by atoms with E-state index in [1.54, 1.807) is 25.1 Å². The van der Waals surface area contributed by atoms with Gasteiger partial charge < -0.3 is 5.32 Å². The smallest absolute Gasteiger partial charge is 0.267 e. The summed E-state index contributed by atoms with van der Waals surface area (Å²) in [6.07, 6.45) is 0. The van der Waals surface area contributed by atoms with Gasteiger partial charge in [-0.05, 0) is 43.2 Å². The monoisotopic (exact) mass is 351 g/mol. The lowest BCUT2D eigenvalue weighted by Gasteiger charge is -2.10. The number of anilines is 1. The van der Waals surface area contributed by atoms with Gasteiger partial charge in [0.1, 0.15) is 12.4 Å². The third-order valence-electron chi connectivity index (χ3n) is 4.04. The number of nitrogens with one attached hydrogen (secondary N) is 1. The first-order valence-corrected chi connectivity index (χ1v) is 8.14. The van der Waals surface area contributed by atoms with Gasteiger partial charge in [0.25, 0.3) is 5.56 Å². The first-order chi connectivity index (χ1) is 12.4. The van der Waals surface area contributed by atoms with Gasteiger partial charge in [-0.25, -0.2) is 9.07 Å². The number of benzene rings is 2. The molecule has 1 heterocycles. The molecular weight excluding hydrogens is 333 g/mol. The zero-order chi connectivity index (χ0) is 18.7. The maximum absolute atomic E-state index is 13.6. The van der Waals surface area contributed by atoms with E-state index in [0.717, 1.165) is 15.8 Å². The van der Waals surface area contributed by atoms with Crippen LogP contribution in [0.1, 0.15) is 11.1 Å². The van der Waals surface area contributed by atoms with E-state index in [1.807, 2.05) is 31.2 Å². The fourth-order valence-electron chi connectivity index (χ4n) is 2.57. The maximum Gasteiger partial charge on any atom is 0.267 e. The molecule has 0 unspecified atom stereocenters. The van der Waals surface area contributed by atoms with Gasteiger partial charge >= 0.3 is 0 Å². The fraction of sp³-hybridized carbons (Fsp3) is 0.150. The zero-order valence-corrected chi connectivity index (χ0v) is 14.5. The van der Waals surface area contributed by atoms with E-state index >= 15 is 0 Å². The van der Waals surface area contributed by atoms with E-state index in [9.17, 15) is 14.0 Å². The largest absolute Gasteiger partial charge is 0.324 e. The quantitative estimate of drug-likeness (QED) is 0.784. The van der Waals surface area contributed by atoms with Gasteiger partial charge in [-0.15, -0.1) is 0 Å². The maximum atomic E-state index is 13.6. The van der Waals surface area contributed by atoms with Crippen LogP contribution in [-0.2, 0) is 11.3 Å². The van der Waals surface area contributed by atoms with Crippen LogP contribution in [0, 0.1) is 19.7 Å². The zero-order valence-electron chi connectivity index (χ0n) is 14.5. The molecule has 0 atom stereocenters. The SMILES string of the molecule is Cc1ccc(NC(=O)Cn2nc(-c3ccccc3C)ccc2=O)cc1F. The third-order valence-corrected chi connectivity index (χ3v) is 4.04. The average molecular weight is 351 g/mol. The number of hydrogen-bond donors (Lipinski definition) is 1. The molecule has 0 aliphatic carbocycles. The lowest BCUT2D eigenvalue weighted by molar-refractivity contribution is -0.117. The lowest BCUT2D eigenvalue weighted by atomic mass is 10.1. The summed E-state index contributed by atoms with van der Waals surface area (Å²) in [7, 11) is 0. The normalized spacial score (nSPS) is 10.6. The van der Waals surface area contributed by atoms with Crippen molar-refractivity contribution in [3.05, 3.63) is 81.9 Å². The standard InChI is InChI=1S/C20H18FN3O2/c1-13-5-3-4-6-16(13)18-9-10-20(26)24(23-18)12-19(25)22-15-8-7-14(2)17(21)11-15/h3-11H,12H2,1-2H3,(H,22,25). The summed E-state index contributed by atoms with van der Waals surface area (Å²) in [6.45, 7) is 3.33. The van der Waals surface area contributed by atoms with Crippen LogP contribution in [-0.4, -0.2) is 15.7 Å². The number of nitrogens with zero attached hydrogens (tertiary/aromatic N) is 2. The van der Waals surface area contributed by atoms with Gasteiger partial charge in [0.2, 0.25) is 5.91 Å². The number of hydrogen-bond acceptors (Lipinski definition) is 3. The Bertz CT molecular complexity index is 1030. The van der Waals surface area contributed by atoms with E-state index in [-0.39, 0.29) is 12.1 Å². The number of amides is 1. The first kappa shape index (κ1) is 17.5. The molecule has 1 N–H and O–H groups in total. The number of halogens is 1. The molecule has 0 radical (unpaired) electrons. The van der Waals surface area contributed by atoms with Gasteiger partial charge in [0.05, 0.1) is 5.69 Å². The lowest BCUT2D eigenvalue weighted by Crippen LogP contribution is -2.29. The predicted molar refractivity (Wildman–Crippen MR) is 98.4 cm³/mol. The van der Waals surface area contributed by atoms with Crippen molar-refractivity contribution in [2.45, 2.75) is 20.4 Å². The second-order valence-electron chi connectivity index (χ2n) is 6.04. The van der Waals surface area contributed by atoms with E-state index in [4.69, 9.17) is 0 Å². The summed E-state index contributed by atoms with van der Waals surface area (Å²) in [5.74, 6) is -0.857. The van der Waals surface area contributed by atoms with E-state index in [0.29, 0.717) is 16.9 Å². The Labute approximate surface area is 150 Å². The van der Waals surface area contributed by atoms with Crippen molar-refractivity contribution in [3.63, 3.8) is 0 Å². The van der Waals surface area contributed by atoms with Crippen LogP contribution < -0.4 is 10.9 Å². The van der Waals surface area contributed by atoms with Crippen LogP contribution in [0.3, 0.4) is 0 Å². The summed E-state index contributed by atoms with van der Waals surface area (Å²) in [4.78, 5) is 24.2. The Balaban J connectivity index is 1.82. The highest BCUT2D eigenvalue weighted by molar-refractivity contribution is 5.90. The molecule has 0 bridgehead atoms. The molecule has 0 aliphatic rings. The highest BCUT2D eigenvalue weighted by Crippen LogP contribution is 2.19. The van der Waals surface area contributed by atoms with Crippen molar-refractivity contribution in [2.75, 3.05) is 5.32 Å². The number of aromatic nitrogens is 2. The fourth-order valence-corrected chi connectivity index (χ4v) is 2.57. The van der Waals surface area contributed by atoms with E-state index in [2.05, 4.69) is 10.4 Å². The predicted octanol–water partition coefficient (Wildman–Crippen LogP) is 3.30. The molecule has 1 aromatic heterocycles. The van der Waals surface area contributed by atoms with Crippen molar-refractivity contribution in [1.29, 1.82) is 0 Å². The summed E-state index contributed by atoms with van der Waals surface area (Å²) in [6, 6.07) is 15.1. The number of aryl methyl sites for hydroxylation is 2. The molecule has 1 amide bonds. The van der Waals surface area contributed by atoms with Gasteiger partial charge in [-0.1, -0.05) is 30.3 Å². The minimum absolute atomic E-state index is 0.256. The van der Waals surface area contributed by atoms with Gasteiger partial charge in [-0.2, -0.15) is 5.10 Å². The highest BCUT2D eigenvalue weighted by Gasteiger charge is 2.10. The second-order valence-corrected chi connectivity index (χ2v) is 6.04. The van der Waals surface area contributed by atoms with Crippen LogP contribution in [0.4, 0.5) is 10.1 Å². The molecule has 0 saturated carbocycles.